The van der Waals surface area contributed by atoms with Gasteiger partial charge < -0.3 is 11.1 Å². The van der Waals surface area contributed by atoms with Gasteiger partial charge in [-0.15, -0.1) is 0 Å². The van der Waals surface area contributed by atoms with Crippen LogP contribution in [0.1, 0.15) is 33.6 Å². The van der Waals surface area contributed by atoms with Gasteiger partial charge in [0.1, 0.15) is 0 Å². The Hall–Kier alpha value is -1.06. The number of nitrogens with one attached hydrogen (secondary N) is 1. The van der Waals surface area contributed by atoms with E-state index >= 15 is 0 Å². The quantitative estimate of drug-likeness (QED) is 0.781. The lowest BCUT2D eigenvalue weighted by atomic mass is 9.45. The van der Waals surface area contributed by atoms with Gasteiger partial charge in [-0.05, 0) is 41.4 Å². The van der Waals surface area contributed by atoms with Crippen molar-refractivity contribution in [3.05, 3.63) is 0 Å². The van der Waals surface area contributed by atoms with Crippen molar-refractivity contribution in [1.29, 1.82) is 0 Å². The molecule has 5 unspecified atom stereocenters. The normalized spacial score (nSPS) is 46.6. The lowest BCUT2D eigenvalue weighted by molar-refractivity contribution is -0.128. The van der Waals surface area contributed by atoms with Gasteiger partial charge in [0.05, 0.1) is 6.54 Å². The van der Waals surface area contributed by atoms with Crippen molar-refractivity contribution in [3.8, 4) is 0 Å². The highest BCUT2D eigenvalue weighted by atomic mass is 16.2. The van der Waals surface area contributed by atoms with Crippen molar-refractivity contribution < 1.29 is 9.59 Å². The predicted octanol–water partition coefficient (Wildman–Crippen LogP) is 0.906. The molecule has 4 aliphatic rings. The number of hydrogen-bond acceptors (Lipinski definition) is 2. The van der Waals surface area contributed by atoms with Crippen LogP contribution in [0.2, 0.25) is 0 Å². The van der Waals surface area contributed by atoms with Crippen molar-refractivity contribution in [2.75, 3.05) is 6.54 Å². The molecule has 0 aromatic rings. The maximum absolute atomic E-state index is 12.1. The van der Waals surface area contributed by atoms with Gasteiger partial charge in [0.25, 0.3) is 0 Å². The topological polar surface area (TPSA) is 72.2 Å². The Balaban J connectivity index is 1.71. The van der Waals surface area contributed by atoms with E-state index in [1.54, 1.807) is 0 Å². The molecule has 18 heavy (non-hydrogen) atoms. The van der Waals surface area contributed by atoms with Gasteiger partial charge in [-0.2, -0.15) is 0 Å². The van der Waals surface area contributed by atoms with Crippen molar-refractivity contribution in [1.82, 2.24) is 5.32 Å². The predicted molar refractivity (Wildman–Crippen MR) is 67.3 cm³/mol. The summed E-state index contributed by atoms with van der Waals surface area (Å²) in [7, 11) is 0. The standard InChI is InChI=1S/C14H22N2O2/c1-13(2)7-4-8-11(12(18)16-6-10(15)17)14(8,3)9(13)5-7/h7-9,11H,4-6H2,1-3H3,(H2,15,17)(H,16,18). The average Bonchev–Trinajstić information content (AvgIpc) is 2.90. The minimum absolute atomic E-state index is 0.0321. The Kier molecular flexibility index (Phi) is 2.19. The van der Waals surface area contributed by atoms with Crippen LogP contribution in [0, 0.1) is 34.5 Å². The van der Waals surface area contributed by atoms with E-state index in [2.05, 4.69) is 26.1 Å². The highest BCUT2D eigenvalue weighted by molar-refractivity contribution is 5.87. The number of carbonyl (C=O) groups is 2. The molecule has 2 bridgehead atoms. The number of primary amides is 1. The van der Waals surface area contributed by atoms with E-state index in [4.69, 9.17) is 5.73 Å². The third-order valence-electron chi connectivity index (χ3n) is 6.24. The van der Waals surface area contributed by atoms with Crippen LogP contribution < -0.4 is 11.1 Å². The van der Waals surface area contributed by atoms with E-state index in [1.807, 2.05) is 0 Å². The molecule has 0 heterocycles. The second-order valence-electron chi connectivity index (χ2n) is 7.18. The summed E-state index contributed by atoms with van der Waals surface area (Å²) in [6.07, 6.45) is 2.45. The molecule has 4 aliphatic carbocycles. The Labute approximate surface area is 108 Å². The highest BCUT2D eigenvalue weighted by Gasteiger charge is 2.77. The molecule has 5 atom stereocenters. The zero-order valence-electron chi connectivity index (χ0n) is 11.3. The summed E-state index contributed by atoms with van der Waals surface area (Å²) in [5.41, 5.74) is 5.63. The summed E-state index contributed by atoms with van der Waals surface area (Å²) in [6.45, 7) is 6.90. The summed E-state index contributed by atoms with van der Waals surface area (Å²) in [4.78, 5) is 22.9. The number of rotatable bonds is 3. The van der Waals surface area contributed by atoms with E-state index in [1.165, 1.54) is 12.8 Å². The van der Waals surface area contributed by atoms with Gasteiger partial charge in [-0.1, -0.05) is 20.8 Å². The summed E-state index contributed by atoms with van der Waals surface area (Å²) in [6, 6.07) is 0. The van der Waals surface area contributed by atoms with Crippen LogP contribution in [0.3, 0.4) is 0 Å². The molecule has 0 spiro atoms. The average molecular weight is 250 g/mol. The third kappa shape index (κ3) is 1.26. The molecule has 4 rings (SSSR count). The minimum Gasteiger partial charge on any atom is -0.368 e. The van der Waals surface area contributed by atoms with E-state index in [-0.39, 0.29) is 23.8 Å². The first-order valence-electron chi connectivity index (χ1n) is 6.85. The molecule has 0 aromatic carbocycles. The Bertz CT molecular complexity index is 432. The van der Waals surface area contributed by atoms with E-state index in [0.717, 1.165) is 5.92 Å². The summed E-state index contributed by atoms with van der Waals surface area (Å²) < 4.78 is 0. The van der Waals surface area contributed by atoms with Gasteiger partial charge in [0, 0.05) is 5.92 Å². The molecule has 0 aromatic heterocycles. The molecule has 2 amide bonds. The zero-order valence-corrected chi connectivity index (χ0v) is 11.3. The molecule has 0 saturated heterocycles. The van der Waals surface area contributed by atoms with Crippen LogP contribution in [0.15, 0.2) is 0 Å². The Morgan fingerprint density at radius 2 is 1.94 bits per heavy atom. The molecule has 0 radical (unpaired) electrons. The maximum Gasteiger partial charge on any atom is 0.236 e. The monoisotopic (exact) mass is 250 g/mol. The summed E-state index contributed by atoms with van der Waals surface area (Å²) in [5, 5.41) is 2.68. The second kappa shape index (κ2) is 3.28. The van der Waals surface area contributed by atoms with Gasteiger partial charge in [0.2, 0.25) is 11.8 Å². The molecule has 4 fully saturated rings. The van der Waals surface area contributed by atoms with Gasteiger partial charge >= 0.3 is 0 Å². The van der Waals surface area contributed by atoms with Crippen molar-refractivity contribution >= 4 is 11.8 Å². The SMILES string of the molecule is CC1(C)C2CC3C(C(=O)NCC(N)=O)C3(C)C1C2. The van der Waals surface area contributed by atoms with Gasteiger partial charge in [-0.3, -0.25) is 9.59 Å². The molecule has 4 heteroatoms. The van der Waals surface area contributed by atoms with Crippen LogP contribution >= 0.6 is 0 Å². The zero-order chi connectivity index (χ0) is 13.3. The smallest absolute Gasteiger partial charge is 0.236 e. The summed E-state index contributed by atoms with van der Waals surface area (Å²) in [5.74, 6) is 1.65. The van der Waals surface area contributed by atoms with Gasteiger partial charge in [-0.25, -0.2) is 0 Å². The van der Waals surface area contributed by atoms with E-state index < -0.39 is 5.91 Å². The van der Waals surface area contributed by atoms with Gasteiger partial charge in [0.15, 0.2) is 0 Å². The lowest BCUT2D eigenvalue weighted by Gasteiger charge is -2.59. The molecule has 4 saturated carbocycles. The Morgan fingerprint density at radius 3 is 2.44 bits per heavy atom. The molecule has 4 nitrogen and oxygen atoms in total. The number of hydrogen-bond donors (Lipinski definition) is 2. The van der Waals surface area contributed by atoms with E-state index in [9.17, 15) is 9.59 Å². The first kappa shape index (κ1) is 12.0. The largest absolute Gasteiger partial charge is 0.368 e. The summed E-state index contributed by atoms with van der Waals surface area (Å²) >= 11 is 0. The van der Waals surface area contributed by atoms with E-state index in [0.29, 0.717) is 17.3 Å². The fourth-order valence-corrected chi connectivity index (χ4v) is 5.02. The van der Waals surface area contributed by atoms with Crippen LogP contribution in [0.5, 0.6) is 0 Å². The van der Waals surface area contributed by atoms with Crippen molar-refractivity contribution in [2.45, 2.75) is 33.6 Å². The molecule has 3 N–H and O–H groups in total. The maximum atomic E-state index is 12.1. The third-order valence-corrected chi connectivity index (χ3v) is 6.24. The number of nitrogens with two attached hydrogens (primary N) is 1. The first-order valence-corrected chi connectivity index (χ1v) is 6.85. The van der Waals surface area contributed by atoms with Crippen molar-refractivity contribution in [3.63, 3.8) is 0 Å². The Morgan fingerprint density at radius 1 is 1.28 bits per heavy atom. The number of carbonyl (C=O) groups excluding carboxylic acids is 2. The molecular weight excluding hydrogens is 228 g/mol. The molecule has 0 aliphatic heterocycles. The lowest BCUT2D eigenvalue weighted by Crippen LogP contribution is -2.52. The van der Waals surface area contributed by atoms with Crippen LogP contribution in [0.4, 0.5) is 0 Å². The minimum atomic E-state index is -0.471. The van der Waals surface area contributed by atoms with Crippen LogP contribution in [-0.4, -0.2) is 18.4 Å². The molecule has 100 valence electrons. The second-order valence-corrected chi connectivity index (χ2v) is 7.18. The number of amides is 2. The van der Waals surface area contributed by atoms with Crippen molar-refractivity contribution in [2.24, 2.45) is 40.2 Å². The fraction of sp³-hybridized carbons (Fsp3) is 0.857. The highest BCUT2D eigenvalue weighted by Crippen LogP contribution is 2.80. The van der Waals surface area contributed by atoms with Crippen LogP contribution in [-0.2, 0) is 9.59 Å². The van der Waals surface area contributed by atoms with Crippen LogP contribution in [0.25, 0.3) is 0 Å². The fourth-order valence-electron chi connectivity index (χ4n) is 5.02. The first-order chi connectivity index (χ1) is 8.29. The molecular formula is C14H22N2O2.